The summed E-state index contributed by atoms with van der Waals surface area (Å²) in [5, 5.41) is 0.594. The van der Waals surface area contributed by atoms with Gasteiger partial charge in [-0.15, -0.1) is 0 Å². The summed E-state index contributed by atoms with van der Waals surface area (Å²) >= 11 is 0. The molecule has 210 valence electrons. The SMILES string of the molecule is CCOc1ccc2oc(-c3ccccc3)c(C(=O)Oc3ccccc3C=CC(=O)c3ccc(-c4ccccc4)cc3)c2c1. The van der Waals surface area contributed by atoms with Crippen molar-refractivity contribution >= 4 is 28.8 Å². The second-order valence-electron chi connectivity index (χ2n) is 9.83. The fourth-order valence-electron chi connectivity index (χ4n) is 4.91. The highest BCUT2D eigenvalue weighted by Gasteiger charge is 2.25. The van der Waals surface area contributed by atoms with E-state index < -0.39 is 5.97 Å². The zero-order valence-corrected chi connectivity index (χ0v) is 23.5. The largest absolute Gasteiger partial charge is 0.494 e. The van der Waals surface area contributed by atoms with Crippen LogP contribution in [0.3, 0.4) is 0 Å². The Morgan fingerprint density at radius 3 is 2.09 bits per heavy atom. The van der Waals surface area contributed by atoms with Crippen LogP contribution in [-0.2, 0) is 0 Å². The van der Waals surface area contributed by atoms with Gasteiger partial charge in [0.05, 0.1) is 6.61 Å². The third-order valence-electron chi connectivity index (χ3n) is 7.02. The highest BCUT2D eigenvalue weighted by molar-refractivity contribution is 6.10. The van der Waals surface area contributed by atoms with Crippen molar-refractivity contribution in [2.75, 3.05) is 6.61 Å². The Kier molecular flexibility index (Phi) is 7.96. The maximum Gasteiger partial charge on any atom is 0.348 e. The number of rotatable bonds is 9. The molecular weight excluding hydrogens is 536 g/mol. The average Bonchev–Trinajstić information content (AvgIpc) is 3.44. The predicted molar refractivity (Wildman–Crippen MR) is 169 cm³/mol. The molecule has 0 saturated heterocycles. The van der Waals surface area contributed by atoms with Gasteiger partial charge in [-0.05, 0) is 54.5 Å². The molecule has 0 bridgehead atoms. The van der Waals surface area contributed by atoms with E-state index in [1.807, 2.05) is 104 Å². The van der Waals surface area contributed by atoms with Crippen LogP contribution in [0.1, 0.15) is 33.2 Å². The molecule has 5 aromatic carbocycles. The molecule has 0 aliphatic carbocycles. The lowest BCUT2D eigenvalue weighted by molar-refractivity contribution is 0.0736. The molecule has 6 aromatic rings. The Labute approximate surface area is 249 Å². The average molecular weight is 565 g/mol. The standard InChI is InChI=1S/C38H28O5/c1-2-41-31-22-24-35-32(25-31)36(37(42-35)30-14-7-4-8-15-30)38(40)43-34-16-10-9-13-29(34)21-23-33(39)28-19-17-27(18-20-28)26-11-5-3-6-12-26/h3-25H,2H2,1H3. The normalized spacial score (nSPS) is 11.1. The molecule has 0 amide bonds. The molecule has 0 fully saturated rings. The van der Waals surface area contributed by atoms with E-state index in [2.05, 4.69) is 0 Å². The van der Waals surface area contributed by atoms with E-state index in [9.17, 15) is 9.59 Å². The van der Waals surface area contributed by atoms with Gasteiger partial charge >= 0.3 is 5.97 Å². The van der Waals surface area contributed by atoms with Crippen LogP contribution in [0.15, 0.2) is 138 Å². The van der Waals surface area contributed by atoms with E-state index in [1.54, 1.807) is 36.4 Å². The Bertz CT molecular complexity index is 1920. The first-order valence-electron chi connectivity index (χ1n) is 14.0. The number of ether oxygens (including phenoxy) is 2. The summed E-state index contributed by atoms with van der Waals surface area (Å²) in [5.74, 6) is 0.635. The van der Waals surface area contributed by atoms with Gasteiger partial charge in [0, 0.05) is 22.1 Å². The van der Waals surface area contributed by atoms with Crippen molar-refractivity contribution in [1.29, 1.82) is 0 Å². The number of esters is 1. The van der Waals surface area contributed by atoms with E-state index in [0.717, 1.165) is 16.7 Å². The summed E-state index contributed by atoms with van der Waals surface area (Å²) in [6, 6.07) is 39.4. The van der Waals surface area contributed by atoms with Gasteiger partial charge in [-0.1, -0.05) is 103 Å². The molecule has 5 heteroatoms. The van der Waals surface area contributed by atoms with Crippen LogP contribution in [0.4, 0.5) is 0 Å². The zero-order chi connectivity index (χ0) is 29.6. The van der Waals surface area contributed by atoms with Gasteiger partial charge < -0.3 is 13.9 Å². The third-order valence-corrected chi connectivity index (χ3v) is 7.02. The maximum absolute atomic E-state index is 13.8. The number of furan rings is 1. The van der Waals surface area contributed by atoms with Gasteiger partial charge in [0.15, 0.2) is 5.78 Å². The number of para-hydroxylation sites is 1. The van der Waals surface area contributed by atoms with Crippen molar-refractivity contribution in [2.45, 2.75) is 6.92 Å². The quantitative estimate of drug-likeness (QED) is 0.0758. The molecule has 5 nitrogen and oxygen atoms in total. The highest BCUT2D eigenvalue weighted by Crippen LogP contribution is 2.36. The van der Waals surface area contributed by atoms with Crippen LogP contribution < -0.4 is 9.47 Å². The predicted octanol–water partition coefficient (Wildman–Crippen LogP) is 9.28. The summed E-state index contributed by atoms with van der Waals surface area (Å²) in [6.45, 7) is 2.39. The van der Waals surface area contributed by atoms with Crippen LogP contribution in [0.2, 0.25) is 0 Å². The monoisotopic (exact) mass is 564 g/mol. The van der Waals surface area contributed by atoms with Gasteiger partial charge in [-0.25, -0.2) is 4.79 Å². The number of hydrogen-bond donors (Lipinski definition) is 0. The molecule has 1 aromatic heterocycles. The number of allylic oxidation sites excluding steroid dienone is 1. The lowest BCUT2D eigenvalue weighted by Crippen LogP contribution is -2.10. The molecular formula is C38H28O5. The van der Waals surface area contributed by atoms with Crippen LogP contribution in [0, 0.1) is 0 Å². The van der Waals surface area contributed by atoms with Crippen LogP contribution in [0.5, 0.6) is 11.5 Å². The van der Waals surface area contributed by atoms with Gasteiger partial charge in [-0.3, -0.25) is 4.79 Å². The lowest BCUT2D eigenvalue weighted by atomic mass is 10.0. The maximum atomic E-state index is 13.8. The molecule has 1 heterocycles. The number of carbonyl (C=O) groups is 2. The molecule has 0 aliphatic rings. The molecule has 0 unspecified atom stereocenters. The Morgan fingerprint density at radius 1 is 0.721 bits per heavy atom. The molecule has 0 radical (unpaired) electrons. The van der Waals surface area contributed by atoms with E-state index >= 15 is 0 Å². The highest BCUT2D eigenvalue weighted by atomic mass is 16.5. The molecule has 0 saturated carbocycles. The van der Waals surface area contributed by atoms with Crippen molar-refractivity contribution in [3.05, 3.63) is 150 Å². The smallest absolute Gasteiger partial charge is 0.348 e. The second-order valence-corrected chi connectivity index (χ2v) is 9.83. The van der Waals surface area contributed by atoms with Crippen molar-refractivity contribution in [3.8, 4) is 33.9 Å². The number of carbonyl (C=O) groups excluding carboxylic acids is 2. The Morgan fingerprint density at radius 2 is 1.37 bits per heavy atom. The van der Waals surface area contributed by atoms with Crippen molar-refractivity contribution in [3.63, 3.8) is 0 Å². The van der Waals surface area contributed by atoms with Gasteiger partial charge in [-0.2, -0.15) is 0 Å². The summed E-state index contributed by atoms with van der Waals surface area (Å²) in [7, 11) is 0. The topological polar surface area (TPSA) is 65.7 Å². The Balaban J connectivity index is 1.28. The van der Waals surface area contributed by atoms with Crippen LogP contribution in [-0.4, -0.2) is 18.4 Å². The van der Waals surface area contributed by atoms with Crippen LogP contribution >= 0.6 is 0 Å². The number of benzene rings is 5. The van der Waals surface area contributed by atoms with Crippen molar-refractivity contribution in [2.24, 2.45) is 0 Å². The first kappa shape index (κ1) is 27.5. The van der Waals surface area contributed by atoms with E-state index in [0.29, 0.717) is 51.5 Å². The van der Waals surface area contributed by atoms with Crippen LogP contribution in [0.25, 0.3) is 39.5 Å². The van der Waals surface area contributed by atoms with Gasteiger partial charge in [0.2, 0.25) is 0 Å². The lowest BCUT2D eigenvalue weighted by Gasteiger charge is -2.09. The number of hydrogen-bond acceptors (Lipinski definition) is 5. The molecule has 0 atom stereocenters. The summed E-state index contributed by atoms with van der Waals surface area (Å²) in [6.07, 6.45) is 3.15. The van der Waals surface area contributed by atoms with Crippen molar-refractivity contribution in [1.82, 2.24) is 0 Å². The third kappa shape index (κ3) is 6.02. The molecule has 0 aliphatic heterocycles. The summed E-state index contributed by atoms with van der Waals surface area (Å²) in [5.41, 5.74) is 4.88. The van der Waals surface area contributed by atoms with E-state index in [4.69, 9.17) is 13.9 Å². The first-order valence-corrected chi connectivity index (χ1v) is 14.0. The Hall–Kier alpha value is -5.68. The fourth-order valence-corrected chi connectivity index (χ4v) is 4.91. The van der Waals surface area contributed by atoms with Crippen molar-refractivity contribution < 1.29 is 23.5 Å². The second kappa shape index (κ2) is 12.5. The summed E-state index contributed by atoms with van der Waals surface area (Å²) < 4.78 is 17.8. The number of ketones is 1. The van der Waals surface area contributed by atoms with E-state index in [-0.39, 0.29) is 5.78 Å². The van der Waals surface area contributed by atoms with E-state index in [1.165, 1.54) is 6.08 Å². The summed E-state index contributed by atoms with van der Waals surface area (Å²) in [4.78, 5) is 26.8. The number of fused-ring (bicyclic) bond motifs is 1. The molecule has 0 N–H and O–H groups in total. The van der Waals surface area contributed by atoms with Gasteiger partial charge in [0.25, 0.3) is 0 Å². The zero-order valence-electron chi connectivity index (χ0n) is 23.5. The molecule has 43 heavy (non-hydrogen) atoms. The minimum Gasteiger partial charge on any atom is -0.494 e. The minimum atomic E-state index is -0.574. The first-order chi connectivity index (χ1) is 21.1. The van der Waals surface area contributed by atoms with Gasteiger partial charge in [0.1, 0.15) is 28.4 Å². The fraction of sp³-hybridized carbons (Fsp3) is 0.0526. The minimum absolute atomic E-state index is 0.156. The molecule has 6 rings (SSSR count). The molecule has 0 spiro atoms.